The van der Waals surface area contributed by atoms with Crippen LogP contribution in [0.3, 0.4) is 0 Å². The quantitative estimate of drug-likeness (QED) is 0.288. The van der Waals surface area contributed by atoms with Crippen LogP contribution < -0.4 is 0 Å². The molecule has 0 radical (unpaired) electrons. The van der Waals surface area contributed by atoms with E-state index >= 15 is 0 Å². The highest BCUT2D eigenvalue weighted by atomic mass is 35.5. The van der Waals surface area contributed by atoms with Gasteiger partial charge in [0.2, 0.25) is 0 Å². The smallest absolute Gasteiger partial charge is 0.270 e. The molecular formula is C19H9Cl2N3O3S. The second-order valence-electron chi connectivity index (χ2n) is 5.48. The molecule has 0 unspecified atom stereocenters. The molecule has 0 aliphatic rings. The highest BCUT2D eigenvalue weighted by molar-refractivity contribution is 7.99. The minimum atomic E-state index is -0.580. The summed E-state index contributed by atoms with van der Waals surface area (Å²) < 4.78 is 0. The number of nitriles is 1. The zero-order valence-electron chi connectivity index (χ0n) is 13.9. The molecule has 0 saturated carbocycles. The summed E-state index contributed by atoms with van der Waals surface area (Å²) in [5.41, 5.74) is 1.41. The number of benzene rings is 2. The Labute approximate surface area is 173 Å². The fourth-order valence-corrected chi connectivity index (χ4v) is 3.83. The van der Waals surface area contributed by atoms with Crippen LogP contribution in [0.15, 0.2) is 58.5 Å². The summed E-state index contributed by atoms with van der Waals surface area (Å²) in [6.07, 6.45) is 0.529. The van der Waals surface area contributed by atoms with Crippen LogP contribution in [0.2, 0.25) is 10.0 Å². The number of halogens is 2. The number of carbonyl (C=O) groups excluding carboxylic acids is 1. The van der Waals surface area contributed by atoms with Crippen molar-refractivity contribution in [1.29, 1.82) is 5.26 Å². The summed E-state index contributed by atoms with van der Waals surface area (Å²) in [4.78, 5) is 26.6. The van der Waals surface area contributed by atoms with Gasteiger partial charge in [-0.3, -0.25) is 14.9 Å². The Balaban J connectivity index is 2.06. The molecule has 0 bridgehead atoms. The second-order valence-corrected chi connectivity index (χ2v) is 7.36. The molecule has 0 spiro atoms. The first-order valence-corrected chi connectivity index (χ1v) is 9.28. The Morgan fingerprint density at radius 1 is 1.14 bits per heavy atom. The molecular weight excluding hydrogens is 421 g/mol. The monoisotopic (exact) mass is 429 g/mol. The molecule has 0 atom stereocenters. The van der Waals surface area contributed by atoms with E-state index in [-0.39, 0.29) is 11.3 Å². The molecule has 0 N–H and O–H groups in total. The lowest BCUT2D eigenvalue weighted by atomic mass is 10.1. The highest BCUT2D eigenvalue weighted by Gasteiger charge is 2.15. The molecule has 0 fully saturated rings. The van der Waals surface area contributed by atoms with Crippen molar-refractivity contribution in [3.63, 3.8) is 0 Å². The number of rotatable bonds is 5. The Hall–Kier alpha value is -2.92. The van der Waals surface area contributed by atoms with E-state index in [2.05, 4.69) is 11.1 Å². The molecule has 3 rings (SSSR count). The zero-order valence-corrected chi connectivity index (χ0v) is 16.3. The molecule has 0 amide bonds. The SMILES string of the molecule is N#Cc1ccc(-c2ccc(Cl)cc2Cl)nc1Sc1ccc([N+](=O)[O-])cc1C=O. The predicted octanol–water partition coefficient (Wildman–Crippen LogP) is 5.80. The van der Waals surface area contributed by atoms with Gasteiger partial charge in [-0.05, 0) is 36.4 Å². The van der Waals surface area contributed by atoms with Crippen LogP contribution in [-0.4, -0.2) is 16.2 Å². The molecule has 0 aliphatic heterocycles. The van der Waals surface area contributed by atoms with Gasteiger partial charge in [-0.1, -0.05) is 35.0 Å². The van der Waals surface area contributed by atoms with Gasteiger partial charge in [0, 0.05) is 33.2 Å². The highest BCUT2D eigenvalue weighted by Crippen LogP contribution is 2.35. The number of carbonyl (C=O) groups is 1. The lowest BCUT2D eigenvalue weighted by molar-refractivity contribution is -0.384. The fraction of sp³-hybridized carbons (Fsp3) is 0. The minimum absolute atomic E-state index is 0.139. The number of nitro groups is 1. The molecule has 2 aromatic carbocycles. The Kier molecular flexibility index (Phi) is 5.95. The first-order chi connectivity index (χ1) is 13.4. The lowest BCUT2D eigenvalue weighted by Gasteiger charge is -2.09. The van der Waals surface area contributed by atoms with Crippen molar-refractivity contribution >= 4 is 46.9 Å². The van der Waals surface area contributed by atoms with E-state index in [0.29, 0.717) is 43.1 Å². The molecule has 1 heterocycles. The average Bonchev–Trinajstić information content (AvgIpc) is 2.68. The number of aromatic nitrogens is 1. The number of non-ortho nitro benzene ring substituents is 1. The Morgan fingerprint density at radius 2 is 1.93 bits per heavy atom. The van der Waals surface area contributed by atoms with E-state index in [1.54, 1.807) is 30.3 Å². The lowest BCUT2D eigenvalue weighted by Crippen LogP contribution is -1.95. The third kappa shape index (κ3) is 4.15. The van der Waals surface area contributed by atoms with Crippen LogP contribution in [0, 0.1) is 21.4 Å². The van der Waals surface area contributed by atoms with E-state index < -0.39 is 4.92 Å². The number of hydrogen-bond acceptors (Lipinski definition) is 6. The fourth-order valence-electron chi connectivity index (χ4n) is 2.39. The molecule has 138 valence electrons. The van der Waals surface area contributed by atoms with Crippen LogP contribution in [0.1, 0.15) is 15.9 Å². The average molecular weight is 430 g/mol. The third-order valence-electron chi connectivity index (χ3n) is 3.73. The van der Waals surface area contributed by atoms with Crippen LogP contribution in [0.5, 0.6) is 0 Å². The van der Waals surface area contributed by atoms with Crippen molar-refractivity contribution in [3.05, 3.63) is 79.8 Å². The number of nitro benzene ring substituents is 1. The van der Waals surface area contributed by atoms with Crippen LogP contribution in [0.25, 0.3) is 11.3 Å². The summed E-state index contributed by atoms with van der Waals surface area (Å²) in [5.74, 6) is 0. The molecule has 28 heavy (non-hydrogen) atoms. The van der Waals surface area contributed by atoms with E-state index in [9.17, 15) is 20.2 Å². The van der Waals surface area contributed by atoms with Crippen molar-refractivity contribution in [2.75, 3.05) is 0 Å². The molecule has 0 saturated heterocycles. The van der Waals surface area contributed by atoms with Gasteiger partial charge in [-0.2, -0.15) is 5.26 Å². The van der Waals surface area contributed by atoms with E-state index in [1.807, 2.05) is 0 Å². The van der Waals surface area contributed by atoms with Gasteiger partial charge in [0.05, 0.1) is 21.2 Å². The van der Waals surface area contributed by atoms with Crippen LogP contribution in [0.4, 0.5) is 5.69 Å². The predicted molar refractivity (Wildman–Crippen MR) is 107 cm³/mol. The van der Waals surface area contributed by atoms with Crippen molar-refractivity contribution < 1.29 is 9.72 Å². The van der Waals surface area contributed by atoms with Gasteiger partial charge >= 0.3 is 0 Å². The number of aldehydes is 1. The maximum atomic E-state index is 11.4. The molecule has 3 aromatic rings. The summed E-state index contributed by atoms with van der Waals surface area (Å²) >= 11 is 13.2. The van der Waals surface area contributed by atoms with Crippen molar-refractivity contribution in [1.82, 2.24) is 4.98 Å². The van der Waals surface area contributed by atoms with Gasteiger partial charge in [-0.25, -0.2) is 4.98 Å². The zero-order chi connectivity index (χ0) is 20.3. The summed E-state index contributed by atoms with van der Waals surface area (Å²) in [5, 5.41) is 21.5. The summed E-state index contributed by atoms with van der Waals surface area (Å²) in [7, 11) is 0. The Morgan fingerprint density at radius 3 is 2.57 bits per heavy atom. The standard InChI is InChI=1S/C19H9Cl2N3O3S/c20-13-2-4-15(16(21)8-13)17-5-1-11(9-22)19(23-17)28-18-6-3-14(24(26)27)7-12(18)10-25/h1-8,10H. The van der Waals surface area contributed by atoms with Gasteiger partial charge < -0.3 is 0 Å². The maximum Gasteiger partial charge on any atom is 0.270 e. The van der Waals surface area contributed by atoms with Crippen molar-refractivity contribution in [3.8, 4) is 17.3 Å². The minimum Gasteiger partial charge on any atom is -0.298 e. The van der Waals surface area contributed by atoms with Gasteiger partial charge in [0.25, 0.3) is 5.69 Å². The van der Waals surface area contributed by atoms with Gasteiger partial charge in [0.15, 0.2) is 6.29 Å². The maximum absolute atomic E-state index is 11.4. The second kappa shape index (κ2) is 8.40. The summed E-state index contributed by atoms with van der Waals surface area (Å²) in [6, 6.07) is 14.2. The Bertz CT molecular complexity index is 1150. The molecule has 1 aromatic heterocycles. The summed E-state index contributed by atoms with van der Waals surface area (Å²) in [6.45, 7) is 0. The normalized spacial score (nSPS) is 10.3. The number of nitrogens with zero attached hydrogens (tertiary/aromatic N) is 3. The molecule has 9 heteroatoms. The number of pyridine rings is 1. The third-order valence-corrected chi connectivity index (χ3v) is 5.37. The van der Waals surface area contributed by atoms with Crippen LogP contribution >= 0.6 is 35.0 Å². The van der Waals surface area contributed by atoms with Gasteiger partial charge in [0.1, 0.15) is 11.1 Å². The molecule has 0 aliphatic carbocycles. The topological polar surface area (TPSA) is 96.9 Å². The largest absolute Gasteiger partial charge is 0.298 e. The van der Waals surface area contributed by atoms with Gasteiger partial charge in [-0.15, -0.1) is 0 Å². The van der Waals surface area contributed by atoms with E-state index in [0.717, 1.165) is 11.8 Å². The van der Waals surface area contributed by atoms with Crippen LogP contribution in [-0.2, 0) is 0 Å². The molecule has 6 nitrogen and oxygen atoms in total. The van der Waals surface area contributed by atoms with Crippen molar-refractivity contribution in [2.45, 2.75) is 9.92 Å². The first-order valence-electron chi connectivity index (χ1n) is 7.71. The van der Waals surface area contributed by atoms with E-state index in [4.69, 9.17) is 23.2 Å². The number of hydrogen-bond donors (Lipinski definition) is 0. The first kappa shape index (κ1) is 19.8. The van der Waals surface area contributed by atoms with E-state index in [1.165, 1.54) is 18.2 Å². The van der Waals surface area contributed by atoms with Crippen molar-refractivity contribution in [2.24, 2.45) is 0 Å².